The number of phenols is 1. The molecular weight excluding hydrogens is 381 g/mol. The molecule has 0 saturated carbocycles. The highest BCUT2D eigenvalue weighted by atomic mass is 35.5. The number of rotatable bonds is 5. The normalized spacial score (nSPS) is 16.2. The van der Waals surface area contributed by atoms with Crippen LogP contribution >= 0.6 is 23.2 Å². The van der Waals surface area contributed by atoms with Gasteiger partial charge in [0.1, 0.15) is 11.5 Å². The van der Waals surface area contributed by atoms with Crippen LogP contribution in [0.5, 0.6) is 17.2 Å². The molecule has 8 heteroatoms. The van der Waals surface area contributed by atoms with Crippen LogP contribution in [0, 0.1) is 10.1 Å². The standard InChI is InChI=1S/C18H17Cl2NO5/c1-2-25-16-5-3-4-11-15(7-6-14(22)17(11)16)26-18-12(19)8-10(21(23)24)9-13(18)20/h6-9,16,22H,2-5H2,1H3/t16-/m0/s1. The van der Waals surface area contributed by atoms with E-state index in [0.29, 0.717) is 24.3 Å². The van der Waals surface area contributed by atoms with Crippen molar-refractivity contribution in [2.24, 2.45) is 0 Å². The molecule has 1 atom stereocenters. The number of phenolic OH excluding ortho intramolecular Hbond substituents is 1. The van der Waals surface area contributed by atoms with E-state index >= 15 is 0 Å². The molecule has 138 valence electrons. The Kier molecular flexibility index (Phi) is 5.55. The van der Waals surface area contributed by atoms with Crippen molar-refractivity contribution in [1.29, 1.82) is 0 Å². The molecule has 6 nitrogen and oxygen atoms in total. The van der Waals surface area contributed by atoms with E-state index in [0.717, 1.165) is 18.4 Å². The van der Waals surface area contributed by atoms with Gasteiger partial charge in [0.2, 0.25) is 0 Å². The summed E-state index contributed by atoms with van der Waals surface area (Å²) in [4.78, 5) is 10.3. The van der Waals surface area contributed by atoms with Gasteiger partial charge < -0.3 is 14.6 Å². The summed E-state index contributed by atoms with van der Waals surface area (Å²) in [5, 5.41) is 21.3. The average Bonchev–Trinajstić information content (AvgIpc) is 2.60. The van der Waals surface area contributed by atoms with Gasteiger partial charge >= 0.3 is 0 Å². The Balaban J connectivity index is 2.02. The van der Waals surface area contributed by atoms with Gasteiger partial charge in [-0.25, -0.2) is 0 Å². The van der Waals surface area contributed by atoms with Crippen LogP contribution in [0.25, 0.3) is 0 Å². The number of nitro benzene ring substituents is 1. The number of hydrogen-bond acceptors (Lipinski definition) is 5. The van der Waals surface area contributed by atoms with Gasteiger partial charge in [0.05, 0.1) is 21.1 Å². The van der Waals surface area contributed by atoms with Gasteiger partial charge in [-0.2, -0.15) is 0 Å². The molecule has 0 aromatic heterocycles. The van der Waals surface area contributed by atoms with Gasteiger partial charge in [-0.05, 0) is 38.3 Å². The predicted molar refractivity (Wildman–Crippen MR) is 98.6 cm³/mol. The number of non-ortho nitro benzene ring substituents is 1. The second kappa shape index (κ2) is 7.70. The molecule has 0 heterocycles. The van der Waals surface area contributed by atoms with Gasteiger partial charge in [-0.15, -0.1) is 0 Å². The minimum Gasteiger partial charge on any atom is -0.508 e. The Morgan fingerprint density at radius 2 is 2.00 bits per heavy atom. The van der Waals surface area contributed by atoms with Crippen LogP contribution in [0.15, 0.2) is 24.3 Å². The Hall–Kier alpha value is -2.02. The zero-order valence-corrected chi connectivity index (χ0v) is 15.5. The van der Waals surface area contributed by atoms with Crippen molar-refractivity contribution >= 4 is 28.9 Å². The number of halogens is 2. The largest absolute Gasteiger partial charge is 0.508 e. The maximum Gasteiger partial charge on any atom is 0.272 e. The third kappa shape index (κ3) is 3.58. The van der Waals surface area contributed by atoms with E-state index < -0.39 is 4.92 Å². The van der Waals surface area contributed by atoms with Crippen LogP contribution < -0.4 is 4.74 Å². The number of nitrogens with zero attached hydrogens (tertiary/aromatic N) is 1. The first-order valence-corrected chi connectivity index (χ1v) is 8.95. The lowest BCUT2D eigenvalue weighted by Crippen LogP contribution is -2.14. The molecular formula is C18H17Cl2NO5. The number of aromatic hydroxyl groups is 1. The molecule has 3 rings (SSSR count). The van der Waals surface area contributed by atoms with Crippen molar-refractivity contribution in [2.75, 3.05) is 6.61 Å². The second-order valence-corrected chi connectivity index (χ2v) is 6.72. The Labute approximate surface area is 160 Å². The Morgan fingerprint density at radius 1 is 1.31 bits per heavy atom. The lowest BCUT2D eigenvalue weighted by atomic mass is 9.88. The van der Waals surface area contributed by atoms with E-state index in [9.17, 15) is 15.2 Å². The molecule has 0 amide bonds. The predicted octanol–water partition coefficient (Wildman–Crippen LogP) is 5.81. The molecule has 1 aliphatic rings. The zero-order valence-electron chi connectivity index (χ0n) is 14.0. The van der Waals surface area contributed by atoms with E-state index in [-0.39, 0.29) is 33.3 Å². The highest BCUT2D eigenvalue weighted by Gasteiger charge is 2.27. The topological polar surface area (TPSA) is 81.8 Å². The first-order valence-electron chi connectivity index (χ1n) is 8.20. The molecule has 0 aliphatic heterocycles. The molecule has 0 saturated heterocycles. The van der Waals surface area contributed by atoms with Crippen molar-refractivity contribution in [1.82, 2.24) is 0 Å². The smallest absolute Gasteiger partial charge is 0.272 e. The van der Waals surface area contributed by atoms with E-state index in [1.54, 1.807) is 12.1 Å². The lowest BCUT2D eigenvalue weighted by Gasteiger charge is -2.28. The first-order chi connectivity index (χ1) is 12.4. The van der Waals surface area contributed by atoms with Crippen molar-refractivity contribution in [3.63, 3.8) is 0 Å². The van der Waals surface area contributed by atoms with E-state index in [1.165, 1.54) is 12.1 Å². The third-order valence-corrected chi connectivity index (χ3v) is 4.84. The van der Waals surface area contributed by atoms with Gasteiger partial charge in [-0.3, -0.25) is 10.1 Å². The minimum absolute atomic E-state index is 0.0446. The van der Waals surface area contributed by atoms with Gasteiger partial charge in [0.15, 0.2) is 5.75 Å². The van der Waals surface area contributed by atoms with Gasteiger partial charge in [-0.1, -0.05) is 23.2 Å². The number of benzene rings is 2. The van der Waals surface area contributed by atoms with Crippen LogP contribution in [-0.4, -0.2) is 16.6 Å². The average molecular weight is 398 g/mol. The van der Waals surface area contributed by atoms with E-state index in [4.69, 9.17) is 32.7 Å². The summed E-state index contributed by atoms with van der Waals surface area (Å²) in [5.74, 6) is 0.802. The maximum absolute atomic E-state index is 10.9. The summed E-state index contributed by atoms with van der Waals surface area (Å²) in [5.41, 5.74) is 1.33. The number of nitro groups is 1. The lowest BCUT2D eigenvalue weighted by molar-refractivity contribution is -0.384. The fourth-order valence-corrected chi connectivity index (χ4v) is 3.73. The molecule has 2 aromatic rings. The molecule has 1 aliphatic carbocycles. The highest BCUT2D eigenvalue weighted by Crippen LogP contribution is 2.46. The summed E-state index contributed by atoms with van der Waals surface area (Å²) in [7, 11) is 0. The van der Waals surface area contributed by atoms with Crippen LogP contribution in [-0.2, 0) is 11.2 Å². The van der Waals surface area contributed by atoms with Crippen LogP contribution in [0.3, 0.4) is 0 Å². The quantitative estimate of drug-likeness (QED) is 0.508. The van der Waals surface area contributed by atoms with Gasteiger partial charge in [0.25, 0.3) is 5.69 Å². The molecule has 0 radical (unpaired) electrons. The first kappa shape index (κ1) is 18.8. The van der Waals surface area contributed by atoms with Crippen molar-refractivity contribution in [3.8, 4) is 17.2 Å². The van der Waals surface area contributed by atoms with Crippen LogP contribution in [0.4, 0.5) is 5.69 Å². The molecule has 0 unspecified atom stereocenters. The van der Waals surface area contributed by atoms with Crippen molar-refractivity contribution in [2.45, 2.75) is 32.3 Å². The van der Waals surface area contributed by atoms with Crippen LogP contribution in [0.2, 0.25) is 10.0 Å². The van der Waals surface area contributed by atoms with Crippen molar-refractivity contribution < 1.29 is 19.5 Å². The summed E-state index contributed by atoms with van der Waals surface area (Å²) in [6, 6.07) is 5.56. The summed E-state index contributed by atoms with van der Waals surface area (Å²) >= 11 is 12.3. The second-order valence-electron chi connectivity index (χ2n) is 5.91. The van der Waals surface area contributed by atoms with Gasteiger partial charge in [0, 0.05) is 29.9 Å². The molecule has 1 N–H and O–H groups in total. The Morgan fingerprint density at radius 3 is 2.62 bits per heavy atom. The van der Waals surface area contributed by atoms with Crippen molar-refractivity contribution in [3.05, 3.63) is 55.6 Å². The number of fused-ring (bicyclic) bond motifs is 1. The van der Waals surface area contributed by atoms with Crippen LogP contribution in [0.1, 0.15) is 37.0 Å². The molecule has 0 fully saturated rings. The summed E-state index contributed by atoms with van der Waals surface area (Å²) in [6.45, 7) is 2.44. The summed E-state index contributed by atoms with van der Waals surface area (Å²) < 4.78 is 11.6. The maximum atomic E-state index is 10.9. The fraction of sp³-hybridized carbons (Fsp3) is 0.333. The van der Waals surface area contributed by atoms with E-state index in [1.807, 2.05) is 6.92 Å². The highest BCUT2D eigenvalue weighted by molar-refractivity contribution is 6.37. The summed E-state index contributed by atoms with van der Waals surface area (Å²) in [6.07, 6.45) is 2.22. The van der Waals surface area contributed by atoms with E-state index in [2.05, 4.69) is 0 Å². The minimum atomic E-state index is -0.573. The fourth-order valence-electron chi connectivity index (χ4n) is 3.18. The zero-order chi connectivity index (χ0) is 18.8. The molecule has 0 bridgehead atoms. The SMILES string of the molecule is CCO[C@H]1CCCc2c(Oc3c(Cl)cc([N+](=O)[O-])cc3Cl)ccc(O)c21. The molecule has 26 heavy (non-hydrogen) atoms. The monoisotopic (exact) mass is 397 g/mol. The third-order valence-electron chi connectivity index (χ3n) is 4.28. The number of ether oxygens (including phenoxy) is 2. The molecule has 0 spiro atoms. The number of hydrogen-bond donors (Lipinski definition) is 1. The Bertz CT molecular complexity index is 833. The molecule has 2 aromatic carbocycles.